The van der Waals surface area contributed by atoms with Crippen LogP contribution in [0.4, 0.5) is 11.4 Å². The van der Waals surface area contributed by atoms with Crippen LogP contribution in [0.15, 0.2) is 48.5 Å². The van der Waals surface area contributed by atoms with E-state index in [0.717, 1.165) is 0 Å². The molecule has 2 aromatic carbocycles. The fraction of sp³-hybridized carbons (Fsp3) is 0.333. The molecule has 2 aromatic rings. The first-order valence-corrected chi connectivity index (χ1v) is 11.1. The van der Waals surface area contributed by atoms with Gasteiger partial charge >= 0.3 is 11.4 Å². The third kappa shape index (κ3) is 6.06. The largest absolute Gasteiger partial charge is 0.539 e. The lowest BCUT2D eigenvalue weighted by Crippen LogP contribution is -2.44. The SMILES string of the molecule is CC(C)(C)[Si](C)(C)Oc1ccccc1[N+](=O)[O-].O=[N+]([O-])c1ccccc1O. The molecule has 146 valence electrons. The molecule has 0 bridgehead atoms. The van der Waals surface area contributed by atoms with Crippen molar-refractivity contribution in [2.24, 2.45) is 0 Å². The molecular formula is C18H24N2O6Si. The van der Waals surface area contributed by atoms with Crippen molar-refractivity contribution in [3.05, 3.63) is 68.8 Å². The zero-order valence-corrected chi connectivity index (χ0v) is 17.0. The smallest absolute Gasteiger partial charge is 0.310 e. The normalized spacial score (nSPS) is 11.1. The standard InChI is InChI=1S/C12H19NO3Si.C6H5NO3/c1-12(2,3)17(4,5)16-11-9-7-6-8-10(11)13(14)15;8-6-4-2-1-3-5(6)7(9)10/h6-9H,1-5H3;1-4,8H. The number of hydrogen-bond donors (Lipinski definition) is 1. The first kappa shape index (κ1) is 22.1. The van der Waals surface area contributed by atoms with Crippen LogP contribution in [-0.4, -0.2) is 23.3 Å². The van der Waals surface area contributed by atoms with Crippen molar-refractivity contribution in [1.29, 1.82) is 0 Å². The van der Waals surface area contributed by atoms with Crippen LogP contribution in [0.3, 0.4) is 0 Å². The molecule has 0 unspecified atom stereocenters. The summed E-state index contributed by atoms with van der Waals surface area (Å²) in [5, 5.41) is 29.8. The Morgan fingerprint density at radius 1 is 0.889 bits per heavy atom. The maximum atomic E-state index is 10.9. The molecule has 0 spiro atoms. The Bertz CT molecular complexity index is 817. The summed E-state index contributed by atoms with van der Waals surface area (Å²) in [5.41, 5.74) is -0.222. The van der Waals surface area contributed by atoms with Gasteiger partial charge in [-0.3, -0.25) is 20.2 Å². The van der Waals surface area contributed by atoms with Crippen LogP contribution in [0.2, 0.25) is 18.1 Å². The Morgan fingerprint density at radius 2 is 1.33 bits per heavy atom. The number of rotatable bonds is 4. The number of aromatic hydroxyl groups is 1. The Labute approximate surface area is 158 Å². The highest BCUT2D eigenvalue weighted by Gasteiger charge is 2.40. The number of nitro benzene ring substituents is 2. The molecule has 0 atom stereocenters. The first-order valence-electron chi connectivity index (χ1n) is 8.21. The summed E-state index contributed by atoms with van der Waals surface area (Å²) >= 11 is 0. The van der Waals surface area contributed by atoms with Crippen LogP contribution < -0.4 is 4.43 Å². The van der Waals surface area contributed by atoms with Gasteiger partial charge in [0, 0.05) is 12.1 Å². The van der Waals surface area contributed by atoms with E-state index in [2.05, 4.69) is 33.9 Å². The third-order valence-corrected chi connectivity index (χ3v) is 8.65. The number of nitro groups is 2. The number of hydrogen-bond acceptors (Lipinski definition) is 6. The van der Waals surface area contributed by atoms with Crippen molar-refractivity contribution < 1.29 is 19.4 Å². The van der Waals surface area contributed by atoms with Crippen LogP contribution in [0.5, 0.6) is 11.5 Å². The van der Waals surface area contributed by atoms with E-state index in [9.17, 15) is 20.2 Å². The second-order valence-electron chi connectivity index (χ2n) is 7.33. The van der Waals surface area contributed by atoms with Crippen LogP contribution in [0.25, 0.3) is 0 Å². The molecule has 1 N–H and O–H groups in total. The Hall–Kier alpha value is -2.94. The van der Waals surface area contributed by atoms with Crippen LogP contribution >= 0.6 is 0 Å². The van der Waals surface area contributed by atoms with Crippen LogP contribution in [0.1, 0.15) is 20.8 Å². The minimum absolute atomic E-state index is 0.0245. The van der Waals surface area contributed by atoms with Gasteiger partial charge in [0.2, 0.25) is 0 Å². The van der Waals surface area contributed by atoms with Crippen LogP contribution in [0, 0.1) is 20.2 Å². The minimum Gasteiger partial charge on any atom is -0.539 e. The van der Waals surface area contributed by atoms with Gasteiger partial charge in [0.1, 0.15) is 0 Å². The lowest BCUT2D eigenvalue weighted by Gasteiger charge is -2.36. The number of benzene rings is 2. The summed E-state index contributed by atoms with van der Waals surface area (Å²) in [6, 6.07) is 12.1. The fourth-order valence-corrected chi connectivity index (χ4v) is 2.77. The number of nitrogens with zero attached hydrogens (tertiary/aromatic N) is 2. The summed E-state index contributed by atoms with van der Waals surface area (Å²) in [6.07, 6.45) is 0. The Kier molecular flexibility index (Phi) is 7.06. The molecule has 0 fully saturated rings. The predicted octanol–water partition coefficient (Wildman–Crippen LogP) is 5.28. The van der Waals surface area contributed by atoms with Crippen molar-refractivity contribution in [2.75, 3.05) is 0 Å². The summed E-state index contributed by atoms with van der Waals surface area (Å²) < 4.78 is 5.96. The maximum absolute atomic E-state index is 10.9. The van der Waals surface area contributed by atoms with Crippen molar-refractivity contribution in [3.8, 4) is 11.5 Å². The quantitative estimate of drug-likeness (QED) is 0.430. The summed E-state index contributed by atoms with van der Waals surface area (Å²) in [5.74, 6) is 0.0802. The van der Waals surface area contributed by atoms with E-state index in [0.29, 0.717) is 5.75 Å². The van der Waals surface area contributed by atoms with Crippen molar-refractivity contribution >= 4 is 19.7 Å². The van der Waals surface area contributed by atoms with Gasteiger partial charge in [-0.15, -0.1) is 0 Å². The molecule has 0 aromatic heterocycles. The molecule has 8 nitrogen and oxygen atoms in total. The highest BCUT2D eigenvalue weighted by atomic mass is 28.4. The van der Waals surface area contributed by atoms with E-state index in [1.165, 1.54) is 30.3 Å². The number of para-hydroxylation sites is 4. The van der Waals surface area contributed by atoms with Gasteiger partial charge < -0.3 is 9.53 Å². The molecular weight excluding hydrogens is 368 g/mol. The molecule has 0 saturated heterocycles. The highest BCUT2D eigenvalue weighted by molar-refractivity contribution is 6.74. The summed E-state index contributed by atoms with van der Waals surface area (Å²) in [4.78, 5) is 19.9. The van der Waals surface area contributed by atoms with Gasteiger partial charge in [-0.25, -0.2) is 0 Å². The topological polar surface area (TPSA) is 116 Å². The number of phenolic OH excluding ortho intramolecular Hbond substituents is 1. The van der Waals surface area contributed by atoms with Gasteiger partial charge in [0.05, 0.1) is 9.85 Å². The average molecular weight is 392 g/mol. The van der Waals surface area contributed by atoms with Crippen molar-refractivity contribution in [1.82, 2.24) is 0 Å². The summed E-state index contributed by atoms with van der Waals surface area (Å²) in [7, 11) is -2.03. The molecule has 0 aliphatic carbocycles. The highest BCUT2D eigenvalue weighted by Crippen LogP contribution is 2.39. The zero-order chi connectivity index (χ0) is 20.8. The predicted molar refractivity (Wildman–Crippen MR) is 106 cm³/mol. The van der Waals surface area contributed by atoms with Gasteiger partial charge in [-0.1, -0.05) is 45.0 Å². The maximum Gasteiger partial charge on any atom is 0.310 e. The molecule has 27 heavy (non-hydrogen) atoms. The molecule has 0 radical (unpaired) electrons. The molecule has 0 aliphatic heterocycles. The van der Waals surface area contributed by atoms with E-state index in [4.69, 9.17) is 9.53 Å². The first-order chi connectivity index (χ1) is 12.4. The van der Waals surface area contributed by atoms with E-state index in [1.54, 1.807) is 18.2 Å². The van der Waals surface area contributed by atoms with Gasteiger partial charge in [-0.2, -0.15) is 0 Å². The number of phenols is 1. The average Bonchev–Trinajstić information content (AvgIpc) is 2.54. The molecule has 0 heterocycles. The van der Waals surface area contributed by atoms with E-state index < -0.39 is 18.2 Å². The molecule has 2 rings (SSSR count). The van der Waals surface area contributed by atoms with Crippen LogP contribution in [-0.2, 0) is 0 Å². The monoisotopic (exact) mass is 392 g/mol. The molecule has 0 saturated carbocycles. The zero-order valence-electron chi connectivity index (χ0n) is 16.0. The lowest BCUT2D eigenvalue weighted by molar-refractivity contribution is -0.385. The Morgan fingerprint density at radius 3 is 1.74 bits per heavy atom. The van der Waals surface area contributed by atoms with Crippen molar-refractivity contribution in [2.45, 2.75) is 38.9 Å². The second-order valence-corrected chi connectivity index (χ2v) is 12.1. The minimum atomic E-state index is -2.03. The third-order valence-electron chi connectivity index (χ3n) is 4.31. The van der Waals surface area contributed by atoms with Gasteiger partial charge in [-0.05, 0) is 30.3 Å². The van der Waals surface area contributed by atoms with E-state index in [1.807, 2.05) is 0 Å². The second kappa shape index (κ2) is 8.63. The molecule has 0 aliphatic rings. The fourth-order valence-electron chi connectivity index (χ4n) is 1.74. The van der Waals surface area contributed by atoms with Gasteiger partial charge in [0.25, 0.3) is 8.32 Å². The summed E-state index contributed by atoms with van der Waals surface area (Å²) in [6.45, 7) is 10.5. The lowest BCUT2D eigenvalue weighted by atomic mass is 10.2. The van der Waals surface area contributed by atoms with Crippen molar-refractivity contribution in [3.63, 3.8) is 0 Å². The van der Waals surface area contributed by atoms with E-state index in [-0.39, 0.29) is 22.2 Å². The molecule has 0 amide bonds. The molecule has 9 heteroatoms. The van der Waals surface area contributed by atoms with E-state index >= 15 is 0 Å². The Balaban J connectivity index is 0.000000309. The van der Waals surface area contributed by atoms with Gasteiger partial charge in [0.15, 0.2) is 11.5 Å².